The van der Waals surface area contributed by atoms with Gasteiger partial charge in [-0.15, -0.1) is 0 Å². The van der Waals surface area contributed by atoms with Crippen molar-refractivity contribution in [3.63, 3.8) is 0 Å². The first-order valence-corrected chi connectivity index (χ1v) is 7.44. The van der Waals surface area contributed by atoms with Crippen LogP contribution in [0.3, 0.4) is 0 Å². The average molecular weight is 268 g/mol. The van der Waals surface area contributed by atoms with Crippen LogP contribution in [0.4, 0.5) is 0 Å². The van der Waals surface area contributed by atoms with E-state index in [9.17, 15) is 4.79 Å². The highest BCUT2D eigenvalue weighted by Gasteiger charge is 2.45. The summed E-state index contributed by atoms with van der Waals surface area (Å²) >= 11 is 0. The lowest BCUT2D eigenvalue weighted by Gasteiger charge is -2.40. The third-order valence-electron chi connectivity index (χ3n) is 4.54. The second-order valence-electron chi connectivity index (χ2n) is 6.11. The highest BCUT2D eigenvalue weighted by atomic mass is 16.7. The Hall–Kier alpha value is -0.650. The Balaban J connectivity index is 1.67. The molecule has 0 bridgehead atoms. The summed E-state index contributed by atoms with van der Waals surface area (Å²) in [4.78, 5) is 16.7. The van der Waals surface area contributed by atoms with Crippen molar-refractivity contribution in [2.45, 2.75) is 51.0 Å². The smallest absolute Gasteiger partial charge is 0.240 e. The van der Waals surface area contributed by atoms with E-state index in [2.05, 4.69) is 18.7 Å². The Kier molecular flexibility index (Phi) is 3.53. The van der Waals surface area contributed by atoms with Crippen LogP contribution in [0.5, 0.6) is 0 Å². The van der Waals surface area contributed by atoms with Crippen LogP contribution >= 0.6 is 0 Å². The first kappa shape index (κ1) is 13.3. The van der Waals surface area contributed by atoms with Crippen molar-refractivity contribution in [2.24, 2.45) is 0 Å². The summed E-state index contributed by atoms with van der Waals surface area (Å²) in [5.74, 6) is -0.144. The number of hydrogen-bond acceptors (Lipinski definition) is 4. The fourth-order valence-electron chi connectivity index (χ4n) is 3.56. The Morgan fingerprint density at radius 1 is 1.26 bits per heavy atom. The molecule has 19 heavy (non-hydrogen) atoms. The molecule has 3 aliphatic heterocycles. The van der Waals surface area contributed by atoms with Crippen molar-refractivity contribution >= 4 is 5.91 Å². The van der Waals surface area contributed by atoms with E-state index in [0.717, 1.165) is 38.9 Å². The molecular weight excluding hydrogens is 244 g/mol. The van der Waals surface area contributed by atoms with Gasteiger partial charge in [-0.3, -0.25) is 9.69 Å². The molecular formula is C14H24N2O3. The second-order valence-corrected chi connectivity index (χ2v) is 6.11. The van der Waals surface area contributed by atoms with Gasteiger partial charge in [0.25, 0.3) is 0 Å². The molecule has 0 aromatic heterocycles. The van der Waals surface area contributed by atoms with Crippen molar-refractivity contribution in [3.05, 3.63) is 0 Å². The van der Waals surface area contributed by atoms with E-state index in [4.69, 9.17) is 9.47 Å². The van der Waals surface area contributed by atoms with Gasteiger partial charge >= 0.3 is 0 Å². The molecule has 0 N–H and O–H groups in total. The van der Waals surface area contributed by atoms with Crippen LogP contribution in [0.25, 0.3) is 0 Å². The van der Waals surface area contributed by atoms with E-state index >= 15 is 0 Å². The van der Waals surface area contributed by atoms with E-state index < -0.39 is 5.79 Å². The van der Waals surface area contributed by atoms with Gasteiger partial charge in [0.2, 0.25) is 5.91 Å². The van der Waals surface area contributed by atoms with Gasteiger partial charge in [0.1, 0.15) is 0 Å². The number of likely N-dealkylation sites (tertiary alicyclic amines) is 2. The summed E-state index contributed by atoms with van der Waals surface area (Å²) in [6, 6.07) is 0.336. The van der Waals surface area contributed by atoms with Gasteiger partial charge in [-0.1, -0.05) is 0 Å². The first-order chi connectivity index (χ1) is 9.11. The Labute approximate surface area is 114 Å². The Morgan fingerprint density at radius 2 is 2.00 bits per heavy atom. The molecule has 3 aliphatic rings. The van der Waals surface area contributed by atoms with E-state index in [0.29, 0.717) is 19.3 Å². The minimum atomic E-state index is -0.427. The van der Waals surface area contributed by atoms with Crippen LogP contribution in [-0.2, 0) is 14.3 Å². The zero-order chi connectivity index (χ0) is 13.5. The molecule has 108 valence electrons. The van der Waals surface area contributed by atoms with Crippen LogP contribution in [-0.4, -0.2) is 66.4 Å². The Bertz CT molecular complexity index is 353. The monoisotopic (exact) mass is 268 g/mol. The highest BCUT2D eigenvalue weighted by molar-refractivity contribution is 5.84. The van der Waals surface area contributed by atoms with Crippen LogP contribution in [0, 0.1) is 0 Å². The normalized spacial score (nSPS) is 31.8. The molecule has 3 rings (SSSR count). The van der Waals surface area contributed by atoms with Gasteiger partial charge in [-0.2, -0.15) is 0 Å². The number of nitrogens with zero attached hydrogens (tertiary/aromatic N) is 2. The Morgan fingerprint density at radius 3 is 2.63 bits per heavy atom. The molecule has 0 radical (unpaired) electrons. The van der Waals surface area contributed by atoms with E-state index in [1.165, 1.54) is 0 Å². The zero-order valence-electron chi connectivity index (χ0n) is 11.9. The molecule has 5 heteroatoms. The summed E-state index contributed by atoms with van der Waals surface area (Å²) in [5, 5.41) is 0. The maximum absolute atomic E-state index is 12.5. The maximum Gasteiger partial charge on any atom is 0.240 e. The largest absolute Gasteiger partial charge is 0.346 e. The third-order valence-corrected chi connectivity index (χ3v) is 4.54. The van der Waals surface area contributed by atoms with E-state index in [1.807, 2.05) is 4.90 Å². The van der Waals surface area contributed by atoms with E-state index in [1.54, 1.807) is 0 Å². The highest BCUT2D eigenvalue weighted by Crippen LogP contribution is 2.33. The number of hydrogen-bond donors (Lipinski definition) is 0. The molecule has 0 aliphatic carbocycles. The molecule has 1 atom stereocenters. The molecule has 1 amide bonds. The molecule has 1 spiro atoms. The molecule has 0 unspecified atom stereocenters. The minimum absolute atomic E-state index is 0.0346. The predicted octanol–water partition coefficient (Wildman–Crippen LogP) is 0.835. The molecule has 3 fully saturated rings. The number of piperidine rings is 1. The fourth-order valence-corrected chi connectivity index (χ4v) is 3.56. The van der Waals surface area contributed by atoms with Gasteiger partial charge in [0.15, 0.2) is 5.79 Å². The fraction of sp³-hybridized carbons (Fsp3) is 0.929. The summed E-state index contributed by atoms with van der Waals surface area (Å²) in [5.41, 5.74) is 0. The number of carbonyl (C=O) groups is 1. The topological polar surface area (TPSA) is 42.0 Å². The number of ether oxygens (including phenoxy) is 2. The van der Waals surface area contributed by atoms with Crippen LogP contribution < -0.4 is 0 Å². The second kappa shape index (κ2) is 5.04. The first-order valence-electron chi connectivity index (χ1n) is 7.44. The lowest BCUT2D eigenvalue weighted by Crippen LogP contribution is -2.54. The molecule has 5 nitrogen and oxygen atoms in total. The standard InChI is InChI=1S/C14H24N2O3/c1-11(2)16-7-4-12(13(16)17)15-6-3-5-14(10-15)18-8-9-19-14/h11-12H,3-10H2,1-2H3/t12-/m1/s1. The minimum Gasteiger partial charge on any atom is -0.346 e. The molecule has 3 heterocycles. The summed E-state index contributed by atoms with van der Waals surface area (Å²) in [6.07, 6.45) is 2.94. The lowest BCUT2D eigenvalue weighted by molar-refractivity contribution is -0.194. The maximum atomic E-state index is 12.5. The molecule has 3 saturated heterocycles. The van der Waals surface area contributed by atoms with Gasteiger partial charge in [-0.05, 0) is 33.2 Å². The number of rotatable bonds is 2. The van der Waals surface area contributed by atoms with Gasteiger partial charge in [0, 0.05) is 19.0 Å². The summed E-state index contributed by atoms with van der Waals surface area (Å²) in [6.45, 7) is 8.15. The number of amides is 1. The predicted molar refractivity (Wildman–Crippen MR) is 70.7 cm³/mol. The molecule has 0 aromatic rings. The van der Waals surface area contributed by atoms with Gasteiger partial charge in [0.05, 0.1) is 25.8 Å². The van der Waals surface area contributed by atoms with Gasteiger partial charge < -0.3 is 14.4 Å². The van der Waals surface area contributed by atoms with Crippen LogP contribution in [0.1, 0.15) is 33.1 Å². The average Bonchev–Trinajstić information content (AvgIpc) is 2.97. The quantitative estimate of drug-likeness (QED) is 0.744. The zero-order valence-corrected chi connectivity index (χ0v) is 11.9. The van der Waals surface area contributed by atoms with E-state index in [-0.39, 0.29) is 11.9 Å². The summed E-state index contributed by atoms with van der Waals surface area (Å²) < 4.78 is 11.6. The van der Waals surface area contributed by atoms with Crippen molar-refractivity contribution in [1.82, 2.24) is 9.80 Å². The van der Waals surface area contributed by atoms with Crippen molar-refractivity contribution < 1.29 is 14.3 Å². The van der Waals surface area contributed by atoms with Gasteiger partial charge in [-0.25, -0.2) is 0 Å². The van der Waals surface area contributed by atoms with Crippen molar-refractivity contribution in [1.29, 1.82) is 0 Å². The lowest BCUT2D eigenvalue weighted by atomic mass is 10.0. The SMILES string of the molecule is CC(C)N1CC[C@@H](N2CCCC3(C2)OCCO3)C1=O. The molecule has 0 saturated carbocycles. The van der Waals surface area contributed by atoms with Crippen molar-refractivity contribution in [3.8, 4) is 0 Å². The summed E-state index contributed by atoms with van der Waals surface area (Å²) in [7, 11) is 0. The van der Waals surface area contributed by atoms with Crippen molar-refractivity contribution in [2.75, 3.05) is 32.8 Å². The molecule has 0 aromatic carbocycles. The third kappa shape index (κ3) is 2.39. The van der Waals surface area contributed by atoms with Crippen LogP contribution in [0.2, 0.25) is 0 Å². The number of carbonyl (C=O) groups excluding carboxylic acids is 1. The van der Waals surface area contributed by atoms with Crippen LogP contribution in [0.15, 0.2) is 0 Å².